The number of nitrogens with one attached hydrogen (secondary N) is 2. The van der Waals surface area contributed by atoms with Crippen molar-refractivity contribution in [3.63, 3.8) is 0 Å². The van der Waals surface area contributed by atoms with E-state index in [0.717, 1.165) is 54.5 Å². The lowest BCUT2D eigenvalue weighted by Crippen LogP contribution is -2.32. The molecule has 3 aromatic rings. The van der Waals surface area contributed by atoms with Gasteiger partial charge in [0, 0.05) is 6.04 Å². The smallest absolute Gasteiger partial charge is 0.160 e. The van der Waals surface area contributed by atoms with Crippen LogP contribution in [0.3, 0.4) is 0 Å². The van der Waals surface area contributed by atoms with Gasteiger partial charge in [-0.3, -0.25) is 5.10 Å². The molecule has 142 valence electrons. The molecule has 1 unspecified atom stereocenters. The summed E-state index contributed by atoms with van der Waals surface area (Å²) in [5, 5.41) is 11.3. The number of benzene rings is 1. The van der Waals surface area contributed by atoms with Crippen molar-refractivity contribution in [3.8, 4) is 0 Å². The Bertz CT molecular complexity index is 873. The third kappa shape index (κ3) is 4.42. The molecule has 2 heterocycles. The van der Waals surface area contributed by atoms with E-state index in [1.807, 2.05) is 12.1 Å². The average molecular weight is 369 g/mol. The lowest BCUT2D eigenvalue weighted by molar-refractivity contribution is -0.0216. The van der Waals surface area contributed by atoms with Gasteiger partial charge in [0.25, 0.3) is 0 Å². The molecule has 0 radical (unpaired) electrons. The summed E-state index contributed by atoms with van der Waals surface area (Å²) in [6.07, 6.45) is 8.62. The first-order valence-electron chi connectivity index (χ1n) is 9.48. The first kappa shape index (κ1) is 17.9. The first-order chi connectivity index (χ1) is 13.2. The zero-order valence-electron chi connectivity index (χ0n) is 15.4. The van der Waals surface area contributed by atoms with Gasteiger partial charge in [-0.05, 0) is 56.7 Å². The van der Waals surface area contributed by atoms with Crippen LogP contribution in [0.2, 0.25) is 0 Å². The fourth-order valence-electron chi connectivity index (χ4n) is 3.75. The molecule has 1 fully saturated rings. The maximum Gasteiger partial charge on any atom is 0.160 e. The lowest BCUT2D eigenvalue weighted by atomic mass is 9.92. The second-order valence-electron chi connectivity index (χ2n) is 7.25. The second-order valence-corrected chi connectivity index (χ2v) is 7.25. The molecule has 27 heavy (non-hydrogen) atoms. The Morgan fingerprint density at radius 3 is 2.74 bits per heavy atom. The Balaban J connectivity index is 1.26. The Hall–Kier alpha value is -2.54. The van der Waals surface area contributed by atoms with Gasteiger partial charge in [0.2, 0.25) is 0 Å². The molecular formula is C20H24FN5O. The van der Waals surface area contributed by atoms with Crippen molar-refractivity contribution in [1.29, 1.82) is 0 Å². The Labute approximate surface area is 157 Å². The van der Waals surface area contributed by atoms with Crippen LogP contribution in [0.5, 0.6) is 0 Å². The van der Waals surface area contributed by atoms with Gasteiger partial charge < -0.3 is 10.1 Å². The van der Waals surface area contributed by atoms with Crippen LogP contribution >= 0.6 is 0 Å². The summed E-state index contributed by atoms with van der Waals surface area (Å²) >= 11 is 0. The summed E-state index contributed by atoms with van der Waals surface area (Å²) in [6, 6.07) is 7.04. The third-order valence-corrected chi connectivity index (χ3v) is 5.12. The van der Waals surface area contributed by atoms with Crippen LogP contribution in [0.1, 0.15) is 38.2 Å². The topological polar surface area (TPSA) is 75.7 Å². The molecule has 1 aliphatic carbocycles. The van der Waals surface area contributed by atoms with E-state index >= 15 is 0 Å². The van der Waals surface area contributed by atoms with E-state index in [1.54, 1.807) is 12.5 Å². The average Bonchev–Trinajstić information content (AvgIpc) is 3.15. The van der Waals surface area contributed by atoms with Gasteiger partial charge in [0.1, 0.15) is 18.0 Å². The maximum atomic E-state index is 13.0. The molecular weight excluding hydrogens is 345 g/mol. The van der Waals surface area contributed by atoms with Crippen molar-refractivity contribution >= 4 is 16.9 Å². The van der Waals surface area contributed by atoms with Crippen molar-refractivity contribution in [1.82, 2.24) is 20.2 Å². The fraction of sp³-hybridized carbons (Fsp3) is 0.450. The van der Waals surface area contributed by atoms with E-state index in [9.17, 15) is 4.39 Å². The van der Waals surface area contributed by atoms with Gasteiger partial charge in [0.05, 0.1) is 23.8 Å². The number of hydrogen-bond acceptors (Lipinski definition) is 5. The minimum absolute atomic E-state index is 0.123. The number of halogens is 1. The van der Waals surface area contributed by atoms with Crippen molar-refractivity contribution in [2.45, 2.75) is 57.3 Å². The number of hydrogen-bond donors (Lipinski definition) is 2. The normalized spacial score (nSPS) is 21.3. The predicted molar refractivity (Wildman–Crippen MR) is 102 cm³/mol. The molecule has 1 saturated carbocycles. The molecule has 2 aromatic heterocycles. The van der Waals surface area contributed by atoms with Crippen molar-refractivity contribution in [2.24, 2.45) is 0 Å². The number of aromatic nitrogens is 4. The van der Waals surface area contributed by atoms with Crippen LogP contribution in [0.25, 0.3) is 11.0 Å². The maximum absolute atomic E-state index is 13.0. The highest BCUT2D eigenvalue weighted by Gasteiger charge is 2.24. The first-order valence-corrected chi connectivity index (χ1v) is 9.48. The standard InChI is InChI=1S/C20H24FN5O/c1-13(10-14-2-4-15(21)5-3-14)27-17-8-6-16(7-9-17)25-19-18-11-24-26-20(18)23-12-22-19/h2-5,11-13,16-17H,6-10H2,1H3,(H2,22,23,24,25,26)/t13?,16-,17-. The third-order valence-electron chi connectivity index (χ3n) is 5.12. The molecule has 1 aliphatic rings. The number of H-pyrrole nitrogens is 1. The highest BCUT2D eigenvalue weighted by Crippen LogP contribution is 2.27. The number of fused-ring (bicyclic) bond motifs is 1. The van der Waals surface area contributed by atoms with Gasteiger partial charge in [-0.15, -0.1) is 0 Å². The van der Waals surface area contributed by atoms with E-state index in [-0.39, 0.29) is 18.0 Å². The van der Waals surface area contributed by atoms with E-state index in [2.05, 4.69) is 32.4 Å². The Kier molecular flexibility index (Phi) is 5.29. The fourth-order valence-corrected chi connectivity index (χ4v) is 3.75. The minimum atomic E-state index is -0.200. The van der Waals surface area contributed by atoms with Gasteiger partial charge in [0.15, 0.2) is 5.65 Å². The monoisotopic (exact) mass is 369 g/mol. The molecule has 0 saturated heterocycles. The van der Waals surface area contributed by atoms with Gasteiger partial charge in [-0.1, -0.05) is 12.1 Å². The molecule has 0 spiro atoms. The molecule has 4 rings (SSSR count). The van der Waals surface area contributed by atoms with Crippen LogP contribution in [-0.2, 0) is 11.2 Å². The summed E-state index contributed by atoms with van der Waals surface area (Å²) in [6.45, 7) is 2.09. The largest absolute Gasteiger partial charge is 0.375 e. The molecule has 1 atom stereocenters. The Morgan fingerprint density at radius 1 is 1.19 bits per heavy atom. The highest BCUT2D eigenvalue weighted by atomic mass is 19.1. The molecule has 1 aromatic carbocycles. The number of anilines is 1. The zero-order chi connectivity index (χ0) is 18.6. The lowest BCUT2D eigenvalue weighted by Gasteiger charge is -2.31. The molecule has 6 nitrogen and oxygen atoms in total. The number of ether oxygens (including phenoxy) is 1. The Morgan fingerprint density at radius 2 is 1.96 bits per heavy atom. The number of rotatable bonds is 6. The predicted octanol–water partition coefficient (Wildman–Crippen LogP) is 3.86. The second kappa shape index (κ2) is 8.00. The van der Waals surface area contributed by atoms with E-state index in [0.29, 0.717) is 6.04 Å². The summed E-state index contributed by atoms with van der Waals surface area (Å²) in [7, 11) is 0. The highest BCUT2D eigenvalue weighted by molar-refractivity contribution is 5.85. The van der Waals surface area contributed by atoms with E-state index in [1.165, 1.54) is 12.1 Å². The SMILES string of the molecule is CC(Cc1ccc(F)cc1)O[C@H]1CC[C@H](Nc2ncnc3[nH]ncc23)CC1. The quantitative estimate of drug-likeness (QED) is 0.690. The van der Waals surface area contributed by atoms with Crippen molar-refractivity contribution in [3.05, 3.63) is 48.2 Å². The number of aromatic amines is 1. The van der Waals surface area contributed by atoms with Gasteiger partial charge in [-0.2, -0.15) is 5.10 Å². The van der Waals surface area contributed by atoms with Crippen molar-refractivity contribution in [2.75, 3.05) is 5.32 Å². The summed E-state index contributed by atoms with van der Waals surface area (Å²) in [5.74, 6) is 0.636. The minimum Gasteiger partial charge on any atom is -0.375 e. The van der Waals surface area contributed by atoms with Crippen LogP contribution in [0.4, 0.5) is 10.2 Å². The molecule has 0 amide bonds. The zero-order valence-corrected chi connectivity index (χ0v) is 15.4. The van der Waals surface area contributed by atoms with Gasteiger partial charge >= 0.3 is 0 Å². The van der Waals surface area contributed by atoms with Crippen LogP contribution < -0.4 is 5.32 Å². The summed E-state index contributed by atoms with van der Waals surface area (Å²) < 4.78 is 19.2. The van der Waals surface area contributed by atoms with E-state index in [4.69, 9.17) is 4.74 Å². The molecule has 0 aliphatic heterocycles. The van der Waals surface area contributed by atoms with Crippen LogP contribution in [0.15, 0.2) is 36.8 Å². The van der Waals surface area contributed by atoms with E-state index < -0.39 is 0 Å². The molecule has 0 bridgehead atoms. The van der Waals surface area contributed by atoms with Crippen LogP contribution in [0, 0.1) is 5.82 Å². The summed E-state index contributed by atoms with van der Waals surface area (Å²) in [4.78, 5) is 8.52. The van der Waals surface area contributed by atoms with Crippen LogP contribution in [-0.4, -0.2) is 38.4 Å². The number of nitrogens with zero attached hydrogens (tertiary/aromatic N) is 3. The van der Waals surface area contributed by atoms with Gasteiger partial charge in [-0.25, -0.2) is 14.4 Å². The summed E-state index contributed by atoms with van der Waals surface area (Å²) in [5.41, 5.74) is 1.85. The molecule has 7 heteroatoms. The molecule has 2 N–H and O–H groups in total. The van der Waals surface area contributed by atoms with Crippen molar-refractivity contribution < 1.29 is 9.13 Å².